The number of benzene rings is 2. The zero-order valence-corrected chi connectivity index (χ0v) is 14.4. The van der Waals surface area contributed by atoms with E-state index in [9.17, 15) is 4.39 Å². The zero-order valence-electron chi connectivity index (χ0n) is 12.9. The number of nitrogens with one attached hydrogen (secondary N) is 1. The van der Waals surface area contributed by atoms with Gasteiger partial charge in [0.05, 0.1) is 5.69 Å². The highest BCUT2D eigenvalue weighted by Gasteiger charge is 2.12. The van der Waals surface area contributed by atoms with Crippen LogP contribution in [0.15, 0.2) is 53.1 Å². The van der Waals surface area contributed by atoms with Crippen molar-refractivity contribution in [2.24, 2.45) is 0 Å². The smallest absolute Gasteiger partial charge is 0.226 e. The van der Waals surface area contributed by atoms with Gasteiger partial charge in [0.2, 0.25) is 5.89 Å². The van der Waals surface area contributed by atoms with E-state index in [4.69, 9.17) is 27.6 Å². The van der Waals surface area contributed by atoms with Gasteiger partial charge in [-0.15, -0.1) is 0 Å². The first-order valence-corrected chi connectivity index (χ1v) is 8.17. The highest BCUT2D eigenvalue weighted by Crippen LogP contribution is 2.26. The molecule has 0 spiro atoms. The summed E-state index contributed by atoms with van der Waals surface area (Å²) in [5.41, 5.74) is 2.29. The minimum absolute atomic E-state index is 0.0177. The maximum absolute atomic E-state index is 13.3. The molecule has 0 aliphatic carbocycles. The quantitative estimate of drug-likeness (QED) is 0.636. The Morgan fingerprint density at radius 3 is 2.79 bits per heavy atom. The van der Waals surface area contributed by atoms with E-state index in [0.29, 0.717) is 28.0 Å². The van der Waals surface area contributed by atoms with Gasteiger partial charge in [-0.2, -0.15) is 0 Å². The molecule has 1 aromatic heterocycles. The van der Waals surface area contributed by atoms with Crippen LogP contribution < -0.4 is 5.32 Å². The third kappa shape index (κ3) is 3.96. The van der Waals surface area contributed by atoms with E-state index in [1.807, 2.05) is 13.0 Å². The predicted octanol–water partition coefficient (Wildman–Crippen LogP) is 5.64. The molecule has 124 valence electrons. The van der Waals surface area contributed by atoms with E-state index in [1.165, 1.54) is 12.1 Å². The standard InChI is InChI=1S/C18H15Cl2FN2O/c1-11(16-6-5-13(19)8-17(16)20)22-9-15-10-24-18(23-15)12-3-2-4-14(21)7-12/h2-8,10-11,22H,9H2,1H3. The van der Waals surface area contributed by atoms with E-state index in [1.54, 1.807) is 30.5 Å². The lowest BCUT2D eigenvalue weighted by Gasteiger charge is -2.15. The Morgan fingerprint density at radius 1 is 1.21 bits per heavy atom. The number of halogens is 3. The molecule has 0 bridgehead atoms. The second kappa shape index (κ2) is 7.34. The van der Waals surface area contributed by atoms with Crippen LogP contribution in [0.3, 0.4) is 0 Å². The molecule has 3 rings (SSSR count). The highest BCUT2D eigenvalue weighted by molar-refractivity contribution is 6.35. The first-order valence-electron chi connectivity index (χ1n) is 7.41. The molecule has 1 heterocycles. The molecule has 24 heavy (non-hydrogen) atoms. The van der Waals surface area contributed by atoms with Gasteiger partial charge in [0.15, 0.2) is 0 Å². The van der Waals surface area contributed by atoms with Crippen molar-refractivity contribution in [3.63, 3.8) is 0 Å². The van der Waals surface area contributed by atoms with Crippen LogP contribution in [0.2, 0.25) is 10.0 Å². The number of rotatable bonds is 5. The van der Waals surface area contributed by atoms with Gasteiger partial charge in [0.25, 0.3) is 0 Å². The Bertz CT molecular complexity index is 851. The van der Waals surface area contributed by atoms with Crippen LogP contribution in [-0.4, -0.2) is 4.98 Å². The van der Waals surface area contributed by atoms with E-state index in [2.05, 4.69) is 10.3 Å². The summed E-state index contributed by atoms with van der Waals surface area (Å²) in [5, 5.41) is 4.55. The van der Waals surface area contributed by atoms with Gasteiger partial charge < -0.3 is 9.73 Å². The van der Waals surface area contributed by atoms with Gasteiger partial charge in [-0.1, -0.05) is 35.3 Å². The van der Waals surface area contributed by atoms with E-state index >= 15 is 0 Å². The Kier molecular flexibility index (Phi) is 5.19. The summed E-state index contributed by atoms with van der Waals surface area (Å²) in [6, 6.07) is 11.6. The second-order valence-electron chi connectivity index (χ2n) is 5.42. The average Bonchev–Trinajstić information content (AvgIpc) is 3.01. The zero-order chi connectivity index (χ0) is 17.1. The molecule has 0 fully saturated rings. The fourth-order valence-corrected chi connectivity index (χ4v) is 2.93. The lowest BCUT2D eigenvalue weighted by molar-refractivity contribution is 0.553. The van der Waals surface area contributed by atoms with E-state index < -0.39 is 0 Å². The molecule has 1 unspecified atom stereocenters. The van der Waals surface area contributed by atoms with Gasteiger partial charge in [-0.05, 0) is 42.8 Å². The van der Waals surface area contributed by atoms with Crippen molar-refractivity contribution >= 4 is 23.2 Å². The molecule has 1 N–H and O–H groups in total. The largest absolute Gasteiger partial charge is 0.444 e. The number of hydrogen-bond donors (Lipinski definition) is 1. The van der Waals surface area contributed by atoms with Gasteiger partial charge in [-0.3, -0.25) is 0 Å². The van der Waals surface area contributed by atoms with Crippen LogP contribution in [-0.2, 0) is 6.54 Å². The fourth-order valence-electron chi connectivity index (χ4n) is 2.36. The molecule has 0 aliphatic heterocycles. The van der Waals surface area contributed by atoms with Gasteiger partial charge in [0, 0.05) is 28.2 Å². The third-order valence-corrected chi connectivity index (χ3v) is 4.20. The minimum Gasteiger partial charge on any atom is -0.444 e. The molecular weight excluding hydrogens is 350 g/mol. The summed E-state index contributed by atoms with van der Waals surface area (Å²) in [6.45, 7) is 2.50. The summed E-state index contributed by atoms with van der Waals surface area (Å²) < 4.78 is 18.7. The fraction of sp³-hybridized carbons (Fsp3) is 0.167. The number of hydrogen-bond acceptors (Lipinski definition) is 3. The summed E-state index contributed by atoms with van der Waals surface area (Å²) >= 11 is 12.1. The van der Waals surface area contributed by atoms with Crippen molar-refractivity contribution in [2.45, 2.75) is 19.5 Å². The van der Waals surface area contributed by atoms with Crippen LogP contribution in [0.4, 0.5) is 4.39 Å². The van der Waals surface area contributed by atoms with Gasteiger partial charge >= 0.3 is 0 Å². The predicted molar refractivity (Wildman–Crippen MR) is 93.6 cm³/mol. The summed E-state index contributed by atoms with van der Waals surface area (Å²) in [7, 11) is 0. The molecular formula is C18H15Cl2FN2O. The number of oxazole rings is 1. The molecule has 3 aromatic rings. The Labute approximate surface area is 149 Å². The van der Waals surface area contributed by atoms with Gasteiger partial charge in [-0.25, -0.2) is 9.37 Å². The Morgan fingerprint density at radius 2 is 2.04 bits per heavy atom. The van der Waals surface area contributed by atoms with Crippen LogP contribution in [0.25, 0.3) is 11.5 Å². The monoisotopic (exact) mass is 364 g/mol. The minimum atomic E-state index is -0.323. The maximum atomic E-state index is 13.3. The molecule has 0 radical (unpaired) electrons. The third-order valence-electron chi connectivity index (χ3n) is 3.64. The number of aromatic nitrogens is 1. The van der Waals surface area contributed by atoms with Crippen molar-refractivity contribution in [3.8, 4) is 11.5 Å². The van der Waals surface area contributed by atoms with E-state index in [0.717, 1.165) is 11.3 Å². The topological polar surface area (TPSA) is 38.1 Å². The molecule has 1 atom stereocenters. The van der Waals surface area contributed by atoms with Crippen LogP contribution in [0.1, 0.15) is 24.2 Å². The first-order chi connectivity index (χ1) is 11.5. The number of nitrogens with zero attached hydrogens (tertiary/aromatic N) is 1. The maximum Gasteiger partial charge on any atom is 0.226 e. The van der Waals surface area contributed by atoms with Gasteiger partial charge in [0.1, 0.15) is 12.1 Å². The van der Waals surface area contributed by atoms with Crippen LogP contribution in [0.5, 0.6) is 0 Å². The normalized spacial score (nSPS) is 12.3. The molecule has 0 saturated carbocycles. The summed E-state index contributed by atoms with van der Waals surface area (Å²) in [4.78, 5) is 4.37. The van der Waals surface area contributed by atoms with Crippen molar-refractivity contribution in [3.05, 3.63) is 75.8 Å². The summed E-state index contributed by atoms with van der Waals surface area (Å²) in [6.07, 6.45) is 1.56. The van der Waals surface area contributed by atoms with Crippen LogP contribution in [0, 0.1) is 5.82 Å². The molecule has 0 aliphatic rings. The molecule has 2 aromatic carbocycles. The molecule has 6 heteroatoms. The lowest BCUT2D eigenvalue weighted by atomic mass is 10.1. The summed E-state index contributed by atoms with van der Waals surface area (Å²) in [5.74, 6) is 0.0693. The van der Waals surface area contributed by atoms with Crippen molar-refractivity contribution < 1.29 is 8.81 Å². The first kappa shape index (κ1) is 17.0. The van der Waals surface area contributed by atoms with Crippen molar-refractivity contribution in [2.75, 3.05) is 0 Å². The van der Waals surface area contributed by atoms with Crippen LogP contribution >= 0.6 is 23.2 Å². The van der Waals surface area contributed by atoms with E-state index in [-0.39, 0.29) is 11.9 Å². The highest BCUT2D eigenvalue weighted by atomic mass is 35.5. The van der Waals surface area contributed by atoms with Crippen molar-refractivity contribution in [1.82, 2.24) is 10.3 Å². The second-order valence-corrected chi connectivity index (χ2v) is 6.27. The van der Waals surface area contributed by atoms with Crippen molar-refractivity contribution in [1.29, 1.82) is 0 Å². The average molecular weight is 365 g/mol. The molecule has 0 amide bonds. The Balaban J connectivity index is 1.67. The SMILES string of the molecule is CC(NCc1coc(-c2cccc(F)c2)n1)c1ccc(Cl)cc1Cl. The molecule has 3 nitrogen and oxygen atoms in total. The Hall–Kier alpha value is -1.88. The lowest BCUT2D eigenvalue weighted by Crippen LogP contribution is -2.18. The molecule has 0 saturated heterocycles.